The van der Waals surface area contributed by atoms with Gasteiger partial charge in [0.1, 0.15) is 5.76 Å². The zero-order valence-corrected chi connectivity index (χ0v) is 12.1. The van der Waals surface area contributed by atoms with Crippen molar-refractivity contribution in [3.63, 3.8) is 0 Å². The van der Waals surface area contributed by atoms with Gasteiger partial charge in [-0.1, -0.05) is 23.7 Å². The van der Waals surface area contributed by atoms with Gasteiger partial charge in [0.2, 0.25) is 5.76 Å². The smallest absolute Gasteiger partial charge is 0.373 e. The van der Waals surface area contributed by atoms with Crippen LogP contribution in [0.2, 0.25) is 5.02 Å². The third-order valence-electron chi connectivity index (χ3n) is 3.00. The average molecular weight is 294 g/mol. The minimum Gasteiger partial charge on any atom is -0.463 e. The molecule has 2 rings (SSSR count). The molecule has 0 fully saturated rings. The van der Waals surface area contributed by atoms with Crippen molar-refractivity contribution in [2.75, 3.05) is 7.11 Å². The molecule has 1 aromatic heterocycles. The van der Waals surface area contributed by atoms with Gasteiger partial charge in [0.15, 0.2) is 0 Å². The number of furan rings is 1. The van der Waals surface area contributed by atoms with E-state index in [0.29, 0.717) is 12.3 Å². The normalized spacial score (nSPS) is 12.2. The predicted octanol–water partition coefficient (Wildman–Crippen LogP) is 3.57. The van der Waals surface area contributed by atoms with E-state index in [2.05, 4.69) is 10.1 Å². The van der Waals surface area contributed by atoms with E-state index >= 15 is 0 Å². The summed E-state index contributed by atoms with van der Waals surface area (Å²) in [7, 11) is 1.32. The minimum absolute atomic E-state index is 0.152. The molecule has 106 valence electrons. The van der Waals surface area contributed by atoms with E-state index < -0.39 is 5.97 Å². The lowest BCUT2D eigenvalue weighted by Gasteiger charge is -2.13. The molecule has 0 spiro atoms. The summed E-state index contributed by atoms with van der Waals surface area (Å²) in [6.45, 7) is 2.58. The Morgan fingerprint density at radius 1 is 1.30 bits per heavy atom. The molecule has 0 saturated carbocycles. The number of methoxy groups -OCH3 is 1. The Bertz CT molecular complexity index is 577. The van der Waals surface area contributed by atoms with E-state index in [-0.39, 0.29) is 11.8 Å². The Labute approximate surface area is 122 Å². The summed E-state index contributed by atoms with van der Waals surface area (Å²) in [4.78, 5) is 11.3. The Kier molecular flexibility index (Phi) is 4.82. The van der Waals surface area contributed by atoms with E-state index in [9.17, 15) is 4.79 Å². The number of hydrogen-bond donors (Lipinski definition) is 1. The Morgan fingerprint density at radius 3 is 2.65 bits per heavy atom. The fourth-order valence-corrected chi connectivity index (χ4v) is 1.93. The van der Waals surface area contributed by atoms with Crippen molar-refractivity contribution >= 4 is 17.6 Å². The first-order valence-electron chi connectivity index (χ1n) is 6.26. The van der Waals surface area contributed by atoms with Crippen LogP contribution in [0, 0.1) is 0 Å². The lowest BCUT2D eigenvalue weighted by molar-refractivity contribution is 0.0563. The van der Waals surface area contributed by atoms with Crippen molar-refractivity contribution in [1.29, 1.82) is 0 Å². The Balaban J connectivity index is 1.93. The van der Waals surface area contributed by atoms with Crippen molar-refractivity contribution in [3.05, 3.63) is 58.5 Å². The summed E-state index contributed by atoms with van der Waals surface area (Å²) in [5.41, 5.74) is 1.13. The van der Waals surface area contributed by atoms with Crippen LogP contribution in [0.15, 0.2) is 40.8 Å². The van der Waals surface area contributed by atoms with Gasteiger partial charge in [0.05, 0.1) is 13.7 Å². The molecule has 0 aliphatic rings. The Hall–Kier alpha value is -1.78. The van der Waals surface area contributed by atoms with Gasteiger partial charge in [0, 0.05) is 11.1 Å². The summed E-state index contributed by atoms with van der Waals surface area (Å²) in [5, 5.41) is 4.03. The molecule has 0 bridgehead atoms. The molecule has 1 unspecified atom stereocenters. The van der Waals surface area contributed by atoms with E-state index in [1.54, 1.807) is 12.1 Å². The summed E-state index contributed by atoms with van der Waals surface area (Å²) < 4.78 is 9.97. The molecule has 0 radical (unpaired) electrons. The molecule has 4 nitrogen and oxygen atoms in total. The van der Waals surface area contributed by atoms with Crippen LogP contribution in [0.1, 0.15) is 34.8 Å². The first-order chi connectivity index (χ1) is 9.60. The molecule has 0 saturated heterocycles. The van der Waals surface area contributed by atoms with Crippen molar-refractivity contribution in [2.45, 2.75) is 19.5 Å². The number of carbonyl (C=O) groups excluding carboxylic acids is 1. The highest BCUT2D eigenvalue weighted by molar-refractivity contribution is 6.30. The fourth-order valence-electron chi connectivity index (χ4n) is 1.81. The second kappa shape index (κ2) is 6.59. The van der Waals surface area contributed by atoms with Gasteiger partial charge < -0.3 is 14.5 Å². The van der Waals surface area contributed by atoms with Gasteiger partial charge >= 0.3 is 5.97 Å². The van der Waals surface area contributed by atoms with Gasteiger partial charge in [-0.05, 0) is 36.8 Å². The van der Waals surface area contributed by atoms with Crippen molar-refractivity contribution in [3.8, 4) is 0 Å². The van der Waals surface area contributed by atoms with Crippen LogP contribution in [0.25, 0.3) is 0 Å². The molecular formula is C15H16ClNO3. The molecular weight excluding hydrogens is 278 g/mol. The quantitative estimate of drug-likeness (QED) is 0.856. The highest BCUT2D eigenvalue weighted by Crippen LogP contribution is 2.17. The highest BCUT2D eigenvalue weighted by atomic mass is 35.5. The molecule has 5 heteroatoms. The average Bonchev–Trinajstić information content (AvgIpc) is 2.93. The van der Waals surface area contributed by atoms with Gasteiger partial charge in [-0.15, -0.1) is 0 Å². The largest absolute Gasteiger partial charge is 0.463 e. The molecule has 1 N–H and O–H groups in total. The highest BCUT2D eigenvalue weighted by Gasteiger charge is 2.12. The molecule has 2 aromatic rings. The summed E-state index contributed by atoms with van der Waals surface area (Å²) in [6, 6.07) is 11.2. The van der Waals surface area contributed by atoms with Crippen LogP contribution in [0.5, 0.6) is 0 Å². The summed E-state index contributed by atoms with van der Waals surface area (Å²) in [6.07, 6.45) is 0. The number of esters is 1. The lowest BCUT2D eigenvalue weighted by atomic mass is 10.1. The summed E-state index contributed by atoms with van der Waals surface area (Å²) in [5.74, 6) is 0.427. The summed E-state index contributed by atoms with van der Waals surface area (Å²) >= 11 is 5.86. The molecule has 1 aromatic carbocycles. The molecule has 0 aliphatic carbocycles. The van der Waals surface area contributed by atoms with Crippen LogP contribution in [0.4, 0.5) is 0 Å². The number of benzene rings is 1. The number of nitrogens with one attached hydrogen (secondary N) is 1. The van der Waals surface area contributed by atoms with Crippen LogP contribution in [-0.4, -0.2) is 13.1 Å². The number of carbonyl (C=O) groups is 1. The second-order valence-electron chi connectivity index (χ2n) is 4.41. The Morgan fingerprint density at radius 2 is 2.00 bits per heavy atom. The molecule has 1 heterocycles. The van der Waals surface area contributed by atoms with Crippen LogP contribution < -0.4 is 5.32 Å². The SMILES string of the molecule is COC(=O)c1ccc(CNC(C)c2ccc(Cl)cc2)o1. The van der Waals surface area contributed by atoms with E-state index in [0.717, 1.165) is 10.6 Å². The monoisotopic (exact) mass is 293 g/mol. The zero-order valence-electron chi connectivity index (χ0n) is 11.4. The van der Waals surface area contributed by atoms with Gasteiger partial charge in [-0.2, -0.15) is 0 Å². The maximum atomic E-state index is 11.3. The van der Waals surface area contributed by atoms with E-state index in [4.69, 9.17) is 16.0 Å². The third-order valence-corrected chi connectivity index (χ3v) is 3.25. The number of ether oxygens (including phenoxy) is 1. The van der Waals surface area contributed by atoms with E-state index in [1.807, 2.05) is 31.2 Å². The number of halogens is 1. The zero-order chi connectivity index (χ0) is 14.5. The third kappa shape index (κ3) is 3.62. The maximum absolute atomic E-state index is 11.3. The van der Waals surface area contributed by atoms with Crippen LogP contribution in [-0.2, 0) is 11.3 Å². The molecule has 1 atom stereocenters. The maximum Gasteiger partial charge on any atom is 0.373 e. The number of hydrogen-bond acceptors (Lipinski definition) is 4. The van der Waals surface area contributed by atoms with Crippen molar-refractivity contribution in [2.24, 2.45) is 0 Å². The minimum atomic E-state index is -0.470. The van der Waals surface area contributed by atoms with Crippen molar-refractivity contribution < 1.29 is 13.9 Å². The number of rotatable bonds is 5. The lowest BCUT2D eigenvalue weighted by Crippen LogP contribution is -2.17. The second-order valence-corrected chi connectivity index (χ2v) is 4.85. The van der Waals surface area contributed by atoms with Crippen LogP contribution in [0.3, 0.4) is 0 Å². The first kappa shape index (κ1) is 14.6. The topological polar surface area (TPSA) is 51.5 Å². The molecule has 20 heavy (non-hydrogen) atoms. The fraction of sp³-hybridized carbons (Fsp3) is 0.267. The molecule has 0 amide bonds. The van der Waals surface area contributed by atoms with Crippen molar-refractivity contribution in [1.82, 2.24) is 5.32 Å². The van der Waals surface area contributed by atoms with Gasteiger partial charge in [0.25, 0.3) is 0 Å². The van der Waals surface area contributed by atoms with Gasteiger partial charge in [-0.25, -0.2) is 4.79 Å². The predicted molar refractivity (Wildman–Crippen MR) is 76.8 cm³/mol. The van der Waals surface area contributed by atoms with Crippen LogP contribution >= 0.6 is 11.6 Å². The van der Waals surface area contributed by atoms with E-state index in [1.165, 1.54) is 7.11 Å². The molecule has 0 aliphatic heterocycles. The van der Waals surface area contributed by atoms with Gasteiger partial charge in [-0.3, -0.25) is 0 Å². The standard InChI is InChI=1S/C15H16ClNO3/c1-10(11-3-5-12(16)6-4-11)17-9-13-7-8-14(20-13)15(18)19-2/h3-8,10,17H,9H2,1-2H3. The first-order valence-corrected chi connectivity index (χ1v) is 6.64.